The third-order valence-electron chi connectivity index (χ3n) is 2.07. The number of nitrogens with zero attached hydrogens (tertiary/aromatic N) is 1. The maximum atomic E-state index is 11.6. The van der Waals surface area contributed by atoms with E-state index in [1.54, 1.807) is 12.3 Å². The number of amides is 1. The lowest BCUT2D eigenvalue weighted by molar-refractivity contribution is 0.0949. The van der Waals surface area contributed by atoms with Gasteiger partial charge < -0.3 is 5.32 Å². The average molecular weight is 261 g/mol. The molecule has 1 aromatic rings. The lowest BCUT2D eigenvalue weighted by Gasteiger charge is -2.09. The molecule has 0 aliphatic carbocycles. The highest BCUT2D eigenvalue weighted by Crippen LogP contribution is 2.07. The number of carbonyl (C=O) groups excluding carboxylic acids is 1. The van der Waals surface area contributed by atoms with Crippen molar-refractivity contribution in [3.63, 3.8) is 0 Å². The molecule has 16 heavy (non-hydrogen) atoms. The fourth-order valence-corrected chi connectivity index (χ4v) is 1.45. The van der Waals surface area contributed by atoms with Crippen molar-refractivity contribution < 1.29 is 9.00 Å². The standard InChI is InChI=1S/C10H13ClN2O2S/c1-7(16(2)15)6-13-10(14)9-5-8(11)3-4-12-9/h3-5,7H,6H2,1-2H3,(H,13,14). The van der Waals surface area contributed by atoms with Crippen molar-refractivity contribution in [1.82, 2.24) is 10.3 Å². The number of nitrogens with one attached hydrogen (secondary N) is 1. The number of pyridine rings is 1. The fourth-order valence-electron chi connectivity index (χ4n) is 0.973. The Labute approximate surface area is 102 Å². The van der Waals surface area contributed by atoms with Gasteiger partial charge in [0.25, 0.3) is 5.91 Å². The second-order valence-electron chi connectivity index (χ2n) is 3.38. The predicted molar refractivity (Wildman–Crippen MR) is 65.1 cm³/mol. The van der Waals surface area contributed by atoms with E-state index in [4.69, 9.17) is 11.6 Å². The van der Waals surface area contributed by atoms with Gasteiger partial charge in [0.15, 0.2) is 0 Å². The minimum absolute atomic E-state index is 0.0804. The van der Waals surface area contributed by atoms with Crippen LogP contribution in [0.3, 0.4) is 0 Å². The van der Waals surface area contributed by atoms with Crippen molar-refractivity contribution in [3.05, 3.63) is 29.0 Å². The van der Waals surface area contributed by atoms with Gasteiger partial charge in [-0.3, -0.25) is 14.0 Å². The third-order valence-corrected chi connectivity index (χ3v) is 3.61. The van der Waals surface area contributed by atoms with Crippen LogP contribution in [0.25, 0.3) is 0 Å². The molecule has 1 heterocycles. The van der Waals surface area contributed by atoms with Gasteiger partial charge in [-0.1, -0.05) is 11.6 Å². The number of aromatic nitrogens is 1. The molecule has 0 aliphatic heterocycles. The highest BCUT2D eigenvalue weighted by Gasteiger charge is 2.11. The van der Waals surface area contributed by atoms with Gasteiger partial charge in [-0.2, -0.15) is 0 Å². The van der Waals surface area contributed by atoms with Crippen molar-refractivity contribution >= 4 is 28.3 Å². The molecule has 0 spiro atoms. The third kappa shape index (κ3) is 3.90. The Hall–Kier alpha value is -0.940. The van der Waals surface area contributed by atoms with E-state index in [1.807, 2.05) is 6.92 Å². The molecule has 6 heteroatoms. The van der Waals surface area contributed by atoms with Crippen LogP contribution in [0, 0.1) is 0 Å². The maximum absolute atomic E-state index is 11.6. The molecule has 0 saturated carbocycles. The molecule has 0 aliphatic rings. The molecular formula is C10H13ClN2O2S. The van der Waals surface area contributed by atoms with Crippen molar-refractivity contribution in [3.8, 4) is 0 Å². The Bertz CT molecular complexity index is 412. The highest BCUT2D eigenvalue weighted by atomic mass is 35.5. The summed E-state index contributed by atoms with van der Waals surface area (Å²) in [6.07, 6.45) is 3.08. The van der Waals surface area contributed by atoms with Crippen LogP contribution in [0.5, 0.6) is 0 Å². The van der Waals surface area contributed by atoms with Crippen LogP contribution >= 0.6 is 11.6 Å². The van der Waals surface area contributed by atoms with Gasteiger partial charge in [0.05, 0.1) is 0 Å². The number of halogens is 1. The molecule has 2 atom stereocenters. The Morgan fingerprint density at radius 3 is 2.94 bits per heavy atom. The van der Waals surface area contributed by atoms with Crippen LogP contribution in [0.4, 0.5) is 0 Å². The van der Waals surface area contributed by atoms with Crippen molar-refractivity contribution in [2.45, 2.75) is 12.2 Å². The van der Waals surface area contributed by atoms with Crippen LogP contribution in [0.2, 0.25) is 5.02 Å². The molecule has 0 bridgehead atoms. The Morgan fingerprint density at radius 1 is 1.69 bits per heavy atom. The van der Waals surface area contributed by atoms with Crippen LogP contribution in [-0.2, 0) is 10.8 Å². The minimum Gasteiger partial charge on any atom is -0.350 e. The molecule has 0 saturated heterocycles. The van der Waals surface area contributed by atoms with Crippen LogP contribution in [-0.4, -0.2) is 33.2 Å². The van der Waals surface area contributed by atoms with E-state index >= 15 is 0 Å². The van der Waals surface area contributed by atoms with Gasteiger partial charge in [-0.15, -0.1) is 0 Å². The molecule has 4 nitrogen and oxygen atoms in total. The van der Waals surface area contributed by atoms with Crippen LogP contribution in [0.1, 0.15) is 17.4 Å². The largest absolute Gasteiger partial charge is 0.350 e. The summed E-state index contributed by atoms with van der Waals surface area (Å²) in [7, 11) is -0.949. The molecular weight excluding hydrogens is 248 g/mol. The first-order valence-electron chi connectivity index (χ1n) is 4.72. The number of carbonyl (C=O) groups is 1. The normalized spacial score (nSPS) is 14.2. The molecule has 2 unspecified atom stereocenters. The molecule has 1 rings (SSSR count). The zero-order chi connectivity index (χ0) is 12.1. The molecule has 0 aromatic carbocycles. The Balaban J connectivity index is 2.56. The zero-order valence-electron chi connectivity index (χ0n) is 9.07. The molecule has 0 fully saturated rings. The second kappa shape index (κ2) is 5.96. The lowest BCUT2D eigenvalue weighted by atomic mass is 10.3. The smallest absolute Gasteiger partial charge is 0.269 e. The molecule has 1 amide bonds. The zero-order valence-corrected chi connectivity index (χ0v) is 10.6. The number of hydrogen-bond donors (Lipinski definition) is 1. The van der Waals surface area contributed by atoms with E-state index < -0.39 is 10.8 Å². The molecule has 0 radical (unpaired) electrons. The summed E-state index contributed by atoms with van der Waals surface area (Å²) in [6, 6.07) is 3.09. The van der Waals surface area contributed by atoms with E-state index in [1.165, 1.54) is 12.3 Å². The van der Waals surface area contributed by atoms with E-state index in [-0.39, 0.29) is 16.9 Å². The molecule has 1 N–H and O–H groups in total. The van der Waals surface area contributed by atoms with Gasteiger partial charge in [0.2, 0.25) is 0 Å². The van der Waals surface area contributed by atoms with E-state index in [0.29, 0.717) is 11.6 Å². The summed E-state index contributed by atoms with van der Waals surface area (Å²) >= 11 is 5.73. The summed E-state index contributed by atoms with van der Waals surface area (Å²) < 4.78 is 11.1. The molecule has 1 aromatic heterocycles. The first-order chi connectivity index (χ1) is 7.50. The molecule has 88 valence electrons. The van der Waals surface area contributed by atoms with E-state index in [2.05, 4.69) is 10.3 Å². The lowest BCUT2D eigenvalue weighted by Crippen LogP contribution is -2.33. The van der Waals surface area contributed by atoms with Gasteiger partial charge in [0.1, 0.15) is 5.69 Å². The first-order valence-corrected chi connectivity index (χ1v) is 6.72. The minimum atomic E-state index is -0.949. The second-order valence-corrected chi connectivity index (χ2v) is 5.62. The summed E-state index contributed by atoms with van der Waals surface area (Å²) in [5, 5.41) is 3.04. The fraction of sp³-hybridized carbons (Fsp3) is 0.400. The van der Waals surface area contributed by atoms with E-state index in [0.717, 1.165) is 0 Å². The van der Waals surface area contributed by atoms with Gasteiger partial charge in [-0.05, 0) is 19.1 Å². The summed E-state index contributed by atoms with van der Waals surface area (Å²) in [5.74, 6) is -0.306. The van der Waals surface area contributed by atoms with Crippen LogP contribution < -0.4 is 5.32 Å². The van der Waals surface area contributed by atoms with Crippen LogP contribution in [0.15, 0.2) is 18.3 Å². The highest BCUT2D eigenvalue weighted by molar-refractivity contribution is 7.84. The van der Waals surface area contributed by atoms with Gasteiger partial charge in [0, 0.05) is 40.1 Å². The van der Waals surface area contributed by atoms with Crippen molar-refractivity contribution in [2.75, 3.05) is 12.8 Å². The quantitative estimate of drug-likeness (QED) is 0.886. The summed E-state index contributed by atoms with van der Waals surface area (Å²) in [6.45, 7) is 2.16. The summed E-state index contributed by atoms with van der Waals surface area (Å²) in [5.41, 5.74) is 0.265. The first kappa shape index (κ1) is 13.1. The monoisotopic (exact) mass is 260 g/mol. The van der Waals surface area contributed by atoms with Crippen molar-refractivity contribution in [1.29, 1.82) is 0 Å². The van der Waals surface area contributed by atoms with Gasteiger partial charge >= 0.3 is 0 Å². The SMILES string of the molecule is CC(CNC(=O)c1cc(Cl)ccn1)S(C)=O. The van der Waals surface area contributed by atoms with Gasteiger partial charge in [-0.25, -0.2) is 0 Å². The number of rotatable bonds is 4. The topological polar surface area (TPSA) is 59.1 Å². The Morgan fingerprint density at radius 2 is 2.38 bits per heavy atom. The average Bonchev–Trinajstić information content (AvgIpc) is 2.25. The van der Waals surface area contributed by atoms with E-state index in [9.17, 15) is 9.00 Å². The predicted octanol–water partition coefficient (Wildman–Crippen LogP) is 1.23. The number of hydrogen-bond acceptors (Lipinski definition) is 3. The Kier molecular flexibility index (Phi) is 4.89. The maximum Gasteiger partial charge on any atom is 0.269 e. The summed E-state index contributed by atoms with van der Waals surface area (Å²) in [4.78, 5) is 15.5. The van der Waals surface area contributed by atoms with Crippen molar-refractivity contribution in [2.24, 2.45) is 0 Å².